The highest BCUT2D eigenvalue weighted by molar-refractivity contribution is 6.32. The molecule has 0 aliphatic heterocycles. The molecule has 1 aromatic heterocycles. The quantitative estimate of drug-likeness (QED) is 0.576. The highest BCUT2D eigenvalue weighted by Gasteiger charge is 2.37. The number of pyridine rings is 1. The molecule has 90 valence electrons. The molecule has 0 radical (unpaired) electrons. The summed E-state index contributed by atoms with van der Waals surface area (Å²) in [7, 11) is 0. The predicted octanol–water partition coefficient (Wildman–Crippen LogP) is 4.43. The Balaban J connectivity index is 3.44. The molecule has 0 spiro atoms. The molecule has 0 aromatic carbocycles. The number of hydrogen-bond donors (Lipinski definition) is 0. The molecule has 16 heavy (non-hydrogen) atoms. The fourth-order valence-electron chi connectivity index (χ4n) is 1.08. The SMILES string of the molecule is FC(F)c1c(CCl)cnc(C(F)(F)F)c1Cl. The summed E-state index contributed by atoms with van der Waals surface area (Å²) in [5, 5.41) is -1.10. The molecule has 0 aliphatic rings. The van der Waals surface area contributed by atoms with Gasteiger partial charge in [0.1, 0.15) is 0 Å². The summed E-state index contributed by atoms with van der Waals surface area (Å²) >= 11 is 10.6. The van der Waals surface area contributed by atoms with Crippen molar-refractivity contribution in [2.75, 3.05) is 0 Å². The second kappa shape index (κ2) is 4.71. The first kappa shape index (κ1) is 13.4. The van der Waals surface area contributed by atoms with Gasteiger partial charge in [-0.3, -0.25) is 0 Å². The summed E-state index contributed by atoms with van der Waals surface area (Å²) in [6.45, 7) is 0. The lowest BCUT2D eigenvalue weighted by atomic mass is 10.1. The minimum atomic E-state index is -4.87. The van der Waals surface area contributed by atoms with E-state index < -0.39 is 28.9 Å². The van der Waals surface area contributed by atoms with Crippen LogP contribution in [-0.2, 0) is 12.1 Å². The number of nitrogens with zero attached hydrogens (tertiary/aromatic N) is 1. The maximum absolute atomic E-state index is 12.5. The highest BCUT2D eigenvalue weighted by Crippen LogP contribution is 2.39. The van der Waals surface area contributed by atoms with Gasteiger partial charge < -0.3 is 0 Å². The summed E-state index contributed by atoms with van der Waals surface area (Å²) in [6.07, 6.45) is -7.35. The van der Waals surface area contributed by atoms with Gasteiger partial charge in [0.15, 0.2) is 5.69 Å². The van der Waals surface area contributed by atoms with Gasteiger partial charge >= 0.3 is 6.18 Å². The van der Waals surface area contributed by atoms with Gasteiger partial charge in [0, 0.05) is 17.6 Å². The Kier molecular flexibility index (Phi) is 3.96. The number of halogens is 7. The zero-order chi connectivity index (χ0) is 12.5. The zero-order valence-electron chi connectivity index (χ0n) is 7.45. The smallest absolute Gasteiger partial charge is 0.250 e. The molecule has 0 unspecified atom stereocenters. The lowest BCUT2D eigenvalue weighted by molar-refractivity contribution is -0.141. The maximum atomic E-state index is 12.5. The van der Waals surface area contributed by atoms with Crippen LogP contribution in [0, 0.1) is 0 Å². The largest absolute Gasteiger partial charge is 0.434 e. The van der Waals surface area contributed by atoms with Crippen molar-refractivity contribution in [3.63, 3.8) is 0 Å². The van der Waals surface area contributed by atoms with Crippen molar-refractivity contribution in [1.82, 2.24) is 4.98 Å². The van der Waals surface area contributed by atoms with E-state index in [1.54, 1.807) is 0 Å². The predicted molar refractivity (Wildman–Crippen MR) is 48.8 cm³/mol. The number of alkyl halides is 6. The average molecular weight is 280 g/mol. The average Bonchev–Trinajstić information content (AvgIpc) is 2.14. The Hall–Kier alpha value is -0.620. The molecule has 0 amide bonds. The van der Waals surface area contributed by atoms with Crippen LogP contribution in [0.2, 0.25) is 5.02 Å². The van der Waals surface area contributed by atoms with Crippen molar-refractivity contribution in [1.29, 1.82) is 0 Å². The second-order valence-corrected chi connectivity index (χ2v) is 3.44. The van der Waals surface area contributed by atoms with Crippen LogP contribution in [-0.4, -0.2) is 4.98 Å². The van der Waals surface area contributed by atoms with E-state index in [2.05, 4.69) is 4.98 Å². The summed E-state index contributed by atoms with van der Waals surface area (Å²) < 4.78 is 61.9. The zero-order valence-corrected chi connectivity index (χ0v) is 8.97. The molecule has 0 fully saturated rings. The molecule has 0 bridgehead atoms. The monoisotopic (exact) mass is 279 g/mol. The number of aromatic nitrogens is 1. The van der Waals surface area contributed by atoms with Crippen LogP contribution in [0.4, 0.5) is 22.0 Å². The van der Waals surface area contributed by atoms with E-state index in [0.717, 1.165) is 0 Å². The molecule has 1 nitrogen and oxygen atoms in total. The lowest BCUT2D eigenvalue weighted by Gasteiger charge is -2.13. The van der Waals surface area contributed by atoms with Crippen LogP contribution in [0.25, 0.3) is 0 Å². The molecule has 0 saturated heterocycles. The highest BCUT2D eigenvalue weighted by atomic mass is 35.5. The van der Waals surface area contributed by atoms with Crippen LogP contribution >= 0.6 is 23.2 Å². The summed E-state index contributed by atoms with van der Waals surface area (Å²) in [5.74, 6) is -0.384. The first-order valence-corrected chi connectivity index (χ1v) is 4.78. The van der Waals surface area contributed by atoms with E-state index in [1.165, 1.54) is 0 Å². The Labute approximate surface area is 97.2 Å². The maximum Gasteiger partial charge on any atom is 0.434 e. The van der Waals surface area contributed by atoms with Crippen molar-refractivity contribution in [3.05, 3.63) is 28.0 Å². The molecular formula is C8H4Cl2F5N. The molecule has 0 saturated carbocycles. The van der Waals surface area contributed by atoms with E-state index in [9.17, 15) is 22.0 Å². The third-order valence-corrected chi connectivity index (χ3v) is 2.44. The molecule has 1 heterocycles. The summed E-state index contributed by atoms with van der Waals surface area (Å²) in [6, 6.07) is 0. The Morgan fingerprint density at radius 3 is 2.25 bits per heavy atom. The molecule has 1 rings (SSSR count). The second-order valence-electron chi connectivity index (χ2n) is 2.79. The normalized spacial score (nSPS) is 12.2. The Morgan fingerprint density at radius 1 is 1.31 bits per heavy atom. The van der Waals surface area contributed by atoms with Crippen LogP contribution in [0.15, 0.2) is 6.20 Å². The first-order valence-electron chi connectivity index (χ1n) is 3.87. The van der Waals surface area contributed by atoms with Gasteiger partial charge in [-0.05, 0) is 5.56 Å². The molecule has 8 heteroatoms. The summed E-state index contributed by atoms with van der Waals surface area (Å²) in [4.78, 5) is 2.99. The van der Waals surface area contributed by atoms with Crippen LogP contribution in [0.1, 0.15) is 23.2 Å². The third kappa shape index (κ3) is 2.55. The van der Waals surface area contributed by atoms with Gasteiger partial charge in [-0.25, -0.2) is 13.8 Å². The summed E-state index contributed by atoms with van der Waals surface area (Å²) in [5.41, 5.74) is -2.66. The Bertz CT molecular complexity index is 391. The van der Waals surface area contributed by atoms with Gasteiger partial charge in [0.05, 0.1) is 5.02 Å². The van der Waals surface area contributed by atoms with E-state index in [4.69, 9.17) is 23.2 Å². The van der Waals surface area contributed by atoms with E-state index in [1.807, 2.05) is 0 Å². The van der Waals surface area contributed by atoms with Crippen molar-refractivity contribution in [2.45, 2.75) is 18.5 Å². The van der Waals surface area contributed by atoms with Crippen molar-refractivity contribution in [3.8, 4) is 0 Å². The van der Waals surface area contributed by atoms with Gasteiger partial charge in [-0.2, -0.15) is 13.2 Å². The molecule has 0 atom stereocenters. The van der Waals surface area contributed by atoms with Crippen molar-refractivity contribution in [2.24, 2.45) is 0 Å². The van der Waals surface area contributed by atoms with E-state index >= 15 is 0 Å². The van der Waals surface area contributed by atoms with E-state index in [0.29, 0.717) is 6.20 Å². The third-order valence-electron chi connectivity index (χ3n) is 1.77. The Morgan fingerprint density at radius 2 is 1.88 bits per heavy atom. The van der Waals surface area contributed by atoms with Gasteiger partial charge in [0.25, 0.3) is 6.43 Å². The minimum absolute atomic E-state index is 0.213. The van der Waals surface area contributed by atoms with Gasteiger partial charge in [-0.1, -0.05) is 11.6 Å². The minimum Gasteiger partial charge on any atom is -0.250 e. The van der Waals surface area contributed by atoms with E-state index in [-0.39, 0.29) is 11.4 Å². The van der Waals surface area contributed by atoms with Gasteiger partial charge in [-0.15, -0.1) is 11.6 Å². The molecule has 1 aromatic rings. The van der Waals surface area contributed by atoms with Crippen molar-refractivity contribution >= 4 is 23.2 Å². The standard InChI is InChI=1S/C8H4Cl2F5N/c9-1-3-2-16-6(8(13,14)15)5(10)4(3)7(11)12/h2,7H,1H2. The first-order chi connectivity index (χ1) is 7.29. The van der Waals surface area contributed by atoms with Crippen LogP contribution < -0.4 is 0 Å². The van der Waals surface area contributed by atoms with Crippen molar-refractivity contribution < 1.29 is 22.0 Å². The number of hydrogen-bond acceptors (Lipinski definition) is 1. The molecule has 0 N–H and O–H groups in total. The molecule has 0 aliphatic carbocycles. The van der Waals surface area contributed by atoms with Crippen LogP contribution in [0.5, 0.6) is 0 Å². The van der Waals surface area contributed by atoms with Crippen LogP contribution in [0.3, 0.4) is 0 Å². The number of rotatable bonds is 2. The fraction of sp³-hybridized carbons (Fsp3) is 0.375. The fourth-order valence-corrected chi connectivity index (χ4v) is 1.65. The molecular weight excluding hydrogens is 276 g/mol. The van der Waals surface area contributed by atoms with Gasteiger partial charge in [0.2, 0.25) is 0 Å². The lowest BCUT2D eigenvalue weighted by Crippen LogP contribution is -2.11. The topological polar surface area (TPSA) is 12.9 Å².